The highest BCUT2D eigenvalue weighted by Gasteiger charge is 2.30. The third-order valence-corrected chi connectivity index (χ3v) is 4.87. The smallest absolute Gasteiger partial charge is 0.151 e. The van der Waals surface area contributed by atoms with Crippen LogP contribution in [0.5, 0.6) is 0 Å². The Balaban J connectivity index is 1.71. The Bertz CT molecular complexity index is 841. The van der Waals surface area contributed by atoms with Gasteiger partial charge in [0.15, 0.2) is 6.29 Å². The number of ether oxygens (including phenoxy) is 3. The van der Waals surface area contributed by atoms with Gasteiger partial charge in [-0.3, -0.25) is 0 Å². The molecule has 0 aliphatic carbocycles. The van der Waals surface area contributed by atoms with Crippen molar-refractivity contribution in [2.45, 2.75) is 38.1 Å². The van der Waals surface area contributed by atoms with Gasteiger partial charge in [-0.1, -0.05) is 97.1 Å². The molecule has 0 bridgehead atoms. The van der Waals surface area contributed by atoms with E-state index in [0.717, 1.165) is 23.0 Å². The topological polar surface area (TPSA) is 44.8 Å². The maximum atomic E-state index is 12.0. The highest BCUT2D eigenvalue weighted by Crippen LogP contribution is 2.18. The summed E-state index contributed by atoms with van der Waals surface area (Å²) in [5.74, 6) is 0. The Morgan fingerprint density at radius 2 is 1.00 bits per heavy atom. The molecule has 4 heteroatoms. The molecule has 3 atom stereocenters. The first-order valence-electron chi connectivity index (χ1n) is 10.3. The maximum Gasteiger partial charge on any atom is 0.151 e. The summed E-state index contributed by atoms with van der Waals surface area (Å²) in [7, 11) is 0. The molecule has 0 aliphatic heterocycles. The molecule has 0 N–H and O–H groups in total. The van der Waals surface area contributed by atoms with Gasteiger partial charge >= 0.3 is 0 Å². The number of hydrogen-bond donors (Lipinski definition) is 0. The number of hydrogen-bond acceptors (Lipinski definition) is 4. The van der Waals surface area contributed by atoms with E-state index >= 15 is 0 Å². The first-order chi connectivity index (χ1) is 15.3. The minimum absolute atomic E-state index is 0.304. The Kier molecular flexibility index (Phi) is 9.20. The van der Waals surface area contributed by atoms with Crippen LogP contribution >= 0.6 is 0 Å². The Labute approximate surface area is 184 Å². The van der Waals surface area contributed by atoms with E-state index < -0.39 is 18.3 Å². The highest BCUT2D eigenvalue weighted by atomic mass is 16.6. The minimum atomic E-state index is -0.803. The monoisotopic (exact) mass is 416 g/mol. The van der Waals surface area contributed by atoms with Crippen molar-refractivity contribution in [2.24, 2.45) is 0 Å². The van der Waals surface area contributed by atoms with Crippen LogP contribution in [-0.2, 0) is 38.8 Å². The number of benzene rings is 3. The lowest BCUT2D eigenvalue weighted by atomic mass is 10.1. The van der Waals surface area contributed by atoms with Crippen LogP contribution < -0.4 is 0 Å². The number of aldehydes is 1. The molecule has 0 amide bonds. The summed E-state index contributed by atoms with van der Waals surface area (Å²) in [5, 5.41) is 0. The third kappa shape index (κ3) is 7.30. The van der Waals surface area contributed by atoms with E-state index in [4.69, 9.17) is 14.2 Å². The average Bonchev–Trinajstić information content (AvgIpc) is 2.84. The molecule has 0 aromatic heterocycles. The zero-order valence-corrected chi connectivity index (χ0v) is 17.5. The van der Waals surface area contributed by atoms with Gasteiger partial charge in [0.1, 0.15) is 18.3 Å². The van der Waals surface area contributed by atoms with Gasteiger partial charge in [-0.05, 0) is 16.7 Å². The molecule has 3 aromatic carbocycles. The predicted octanol–water partition coefficient (Wildman–Crippen LogP) is 5.13. The van der Waals surface area contributed by atoms with Gasteiger partial charge < -0.3 is 19.0 Å². The summed E-state index contributed by atoms with van der Waals surface area (Å²) >= 11 is 0. The molecular formula is C27H28O4. The molecular weight excluding hydrogens is 388 g/mol. The molecule has 3 rings (SSSR count). The zero-order valence-electron chi connectivity index (χ0n) is 17.5. The molecule has 0 saturated carbocycles. The fourth-order valence-corrected chi connectivity index (χ4v) is 3.19. The van der Waals surface area contributed by atoms with Crippen LogP contribution in [0.3, 0.4) is 0 Å². The summed E-state index contributed by atoms with van der Waals surface area (Å²) in [6.07, 6.45) is 0.488. The van der Waals surface area contributed by atoms with Crippen LogP contribution in [0.25, 0.3) is 0 Å². The van der Waals surface area contributed by atoms with E-state index in [1.807, 2.05) is 91.0 Å². The SMILES string of the molecule is C=C[C@@H](OCc1ccccc1)[C@H](OCc1ccccc1)[C@H](C=O)OCc1ccccc1. The lowest BCUT2D eigenvalue weighted by Crippen LogP contribution is -2.42. The van der Waals surface area contributed by atoms with Crippen molar-refractivity contribution in [2.75, 3.05) is 0 Å². The molecule has 3 aromatic rings. The fraction of sp³-hybridized carbons (Fsp3) is 0.222. The van der Waals surface area contributed by atoms with Gasteiger partial charge in [0.25, 0.3) is 0 Å². The predicted molar refractivity (Wildman–Crippen MR) is 121 cm³/mol. The van der Waals surface area contributed by atoms with Gasteiger partial charge in [-0.2, -0.15) is 0 Å². The summed E-state index contributed by atoms with van der Waals surface area (Å²) in [6, 6.07) is 29.4. The molecule has 0 radical (unpaired) electrons. The van der Waals surface area contributed by atoms with Gasteiger partial charge in [0.05, 0.1) is 19.8 Å². The van der Waals surface area contributed by atoms with Crippen molar-refractivity contribution >= 4 is 6.29 Å². The fourth-order valence-electron chi connectivity index (χ4n) is 3.19. The second-order valence-corrected chi connectivity index (χ2v) is 7.16. The number of rotatable bonds is 13. The minimum Gasteiger partial charge on any atom is -0.367 e. The Morgan fingerprint density at radius 3 is 1.39 bits per heavy atom. The van der Waals surface area contributed by atoms with Gasteiger partial charge in [0.2, 0.25) is 0 Å². The molecule has 0 spiro atoms. The van der Waals surface area contributed by atoms with Crippen molar-refractivity contribution in [1.82, 2.24) is 0 Å². The van der Waals surface area contributed by atoms with E-state index in [9.17, 15) is 4.79 Å². The molecule has 0 fully saturated rings. The molecule has 0 aliphatic rings. The molecule has 0 unspecified atom stereocenters. The average molecular weight is 417 g/mol. The lowest BCUT2D eigenvalue weighted by molar-refractivity contribution is -0.150. The first-order valence-corrected chi connectivity index (χ1v) is 10.3. The van der Waals surface area contributed by atoms with E-state index in [1.165, 1.54) is 0 Å². The normalized spacial score (nSPS) is 13.8. The van der Waals surface area contributed by atoms with Crippen LogP contribution in [0.1, 0.15) is 16.7 Å². The first kappa shape index (κ1) is 22.6. The Hall–Kier alpha value is -3.05. The van der Waals surface area contributed by atoms with Gasteiger partial charge in [-0.25, -0.2) is 0 Å². The molecule has 4 nitrogen and oxygen atoms in total. The number of carbonyl (C=O) groups excluding carboxylic acids is 1. The highest BCUT2D eigenvalue weighted by molar-refractivity contribution is 5.57. The van der Waals surface area contributed by atoms with Crippen LogP contribution in [0, 0.1) is 0 Å². The van der Waals surface area contributed by atoms with Crippen molar-refractivity contribution in [3.05, 3.63) is 120 Å². The van der Waals surface area contributed by atoms with Gasteiger partial charge in [0, 0.05) is 0 Å². The summed E-state index contributed by atoms with van der Waals surface area (Å²) in [6.45, 7) is 4.93. The second-order valence-electron chi connectivity index (χ2n) is 7.16. The molecule has 31 heavy (non-hydrogen) atoms. The van der Waals surface area contributed by atoms with E-state index in [0.29, 0.717) is 19.8 Å². The van der Waals surface area contributed by atoms with E-state index in [1.54, 1.807) is 6.08 Å². The van der Waals surface area contributed by atoms with E-state index in [2.05, 4.69) is 6.58 Å². The van der Waals surface area contributed by atoms with E-state index in [-0.39, 0.29) is 0 Å². The number of carbonyl (C=O) groups is 1. The quantitative estimate of drug-likeness (QED) is 0.286. The van der Waals surface area contributed by atoms with Crippen molar-refractivity contribution in [1.29, 1.82) is 0 Å². The van der Waals surface area contributed by atoms with Gasteiger partial charge in [-0.15, -0.1) is 6.58 Å². The largest absolute Gasteiger partial charge is 0.367 e. The Morgan fingerprint density at radius 1 is 0.613 bits per heavy atom. The molecule has 0 saturated heterocycles. The van der Waals surface area contributed by atoms with Crippen molar-refractivity contribution in [3.63, 3.8) is 0 Å². The van der Waals surface area contributed by atoms with Crippen LogP contribution in [-0.4, -0.2) is 24.6 Å². The van der Waals surface area contributed by atoms with Crippen molar-refractivity contribution in [3.8, 4) is 0 Å². The summed E-state index contributed by atoms with van der Waals surface area (Å²) in [4.78, 5) is 12.0. The molecule has 160 valence electrons. The van der Waals surface area contributed by atoms with Crippen LogP contribution in [0.15, 0.2) is 104 Å². The molecule has 0 heterocycles. The summed E-state index contributed by atoms with van der Waals surface area (Å²) in [5.41, 5.74) is 3.02. The van der Waals surface area contributed by atoms with Crippen LogP contribution in [0.4, 0.5) is 0 Å². The maximum absolute atomic E-state index is 12.0. The van der Waals surface area contributed by atoms with Crippen molar-refractivity contribution < 1.29 is 19.0 Å². The standard InChI is InChI=1S/C27H28O4/c1-2-25(29-19-22-12-6-3-7-13-22)27(31-21-24-16-10-5-11-17-24)26(18-28)30-20-23-14-8-4-9-15-23/h2-18,25-27H,1,19-21H2/t25-,26+,27+/m1/s1. The second kappa shape index (κ2) is 12.6. The third-order valence-electron chi connectivity index (χ3n) is 4.87. The lowest BCUT2D eigenvalue weighted by Gasteiger charge is -2.29. The zero-order chi connectivity index (χ0) is 21.7. The summed E-state index contributed by atoms with van der Waals surface area (Å²) < 4.78 is 18.2. The van der Waals surface area contributed by atoms with Crippen LogP contribution in [0.2, 0.25) is 0 Å².